The second-order valence-corrected chi connectivity index (χ2v) is 4.35. The van der Waals surface area contributed by atoms with Gasteiger partial charge in [-0.05, 0) is 18.1 Å². The fourth-order valence-corrected chi connectivity index (χ4v) is 2.00. The minimum absolute atomic E-state index is 0.0109. The summed E-state index contributed by atoms with van der Waals surface area (Å²) in [6.45, 7) is 2.41. The number of carbonyl (C=O) groups excluding carboxylic acids is 2. The lowest BCUT2D eigenvalue weighted by molar-refractivity contribution is -0.118. The van der Waals surface area contributed by atoms with Crippen LogP contribution in [0.4, 0.5) is 14.9 Å². The smallest absolute Gasteiger partial charge is 0.328 e. The third-order valence-electron chi connectivity index (χ3n) is 3.13. The zero-order valence-corrected chi connectivity index (χ0v) is 10.1. The third-order valence-corrected chi connectivity index (χ3v) is 3.13. The predicted molar refractivity (Wildman–Crippen MR) is 65.7 cm³/mol. The van der Waals surface area contributed by atoms with Crippen molar-refractivity contribution in [3.63, 3.8) is 0 Å². The van der Waals surface area contributed by atoms with Gasteiger partial charge in [-0.3, -0.25) is 4.79 Å². The Hall–Kier alpha value is -1.91. The Balaban J connectivity index is 2.34. The highest BCUT2D eigenvalue weighted by Crippen LogP contribution is 2.23. The molecule has 18 heavy (non-hydrogen) atoms. The number of nitrogens with zero attached hydrogens (tertiary/aromatic N) is 1. The molecule has 0 aromatic heterocycles. The fraction of sp³-hybridized carbons (Fsp3) is 0.385. The summed E-state index contributed by atoms with van der Waals surface area (Å²) in [6.07, 6.45) is 1.06. The van der Waals surface area contributed by atoms with Crippen LogP contribution < -0.4 is 10.2 Å². The van der Waals surface area contributed by atoms with Crippen LogP contribution in [-0.4, -0.2) is 18.5 Å². The van der Waals surface area contributed by atoms with Gasteiger partial charge in [-0.1, -0.05) is 25.5 Å². The number of hydrogen-bond donors (Lipinski definition) is 1. The second kappa shape index (κ2) is 5.16. The number of rotatable bonds is 2. The first kappa shape index (κ1) is 12.5. The summed E-state index contributed by atoms with van der Waals surface area (Å²) in [5, 5.41) is 2.65. The third kappa shape index (κ3) is 2.34. The van der Waals surface area contributed by atoms with E-state index >= 15 is 0 Å². The Morgan fingerprint density at radius 2 is 2.11 bits per heavy atom. The van der Waals surface area contributed by atoms with Crippen molar-refractivity contribution in [2.24, 2.45) is 5.92 Å². The molecule has 1 heterocycles. The minimum atomic E-state index is -0.573. The van der Waals surface area contributed by atoms with Gasteiger partial charge in [0.2, 0.25) is 5.91 Å². The summed E-state index contributed by atoms with van der Waals surface area (Å²) in [6, 6.07) is 5.23. The number of urea groups is 1. The second-order valence-electron chi connectivity index (χ2n) is 4.35. The molecule has 96 valence electrons. The average Bonchev–Trinajstić information content (AvgIpc) is 2.50. The van der Waals surface area contributed by atoms with E-state index in [1.165, 1.54) is 18.2 Å². The summed E-state index contributed by atoms with van der Waals surface area (Å²) in [4.78, 5) is 24.8. The number of imide groups is 1. The van der Waals surface area contributed by atoms with E-state index in [4.69, 9.17) is 0 Å². The van der Waals surface area contributed by atoms with Gasteiger partial charge < -0.3 is 5.32 Å². The first-order valence-electron chi connectivity index (χ1n) is 5.98. The van der Waals surface area contributed by atoms with Crippen molar-refractivity contribution in [3.8, 4) is 0 Å². The maximum absolute atomic E-state index is 13.7. The molecule has 5 heteroatoms. The lowest BCUT2D eigenvalue weighted by Gasteiger charge is -2.18. The maximum Gasteiger partial charge on any atom is 0.328 e. The number of hydrogen-bond acceptors (Lipinski definition) is 2. The first-order valence-corrected chi connectivity index (χ1v) is 5.98. The highest BCUT2D eigenvalue weighted by Gasteiger charge is 2.30. The molecule has 3 amide bonds. The molecule has 0 bridgehead atoms. The molecule has 2 rings (SSSR count). The summed E-state index contributed by atoms with van der Waals surface area (Å²) in [7, 11) is 0. The van der Waals surface area contributed by atoms with Crippen LogP contribution in [0.2, 0.25) is 0 Å². The van der Waals surface area contributed by atoms with Gasteiger partial charge in [-0.2, -0.15) is 0 Å². The van der Waals surface area contributed by atoms with Gasteiger partial charge in [0, 0.05) is 13.0 Å². The molecule has 1 atom stereocenters. The molecule has 1 saturated heterocycles. The lowest BCUT2D eigenvalue weighted by atomic mass is 10.0. The number of anilines is 1. The Morgan fingerprint density at radius 3 is 2.78 bits per heavy atom. The van der Waals surface area contributed by atoms with Crippen LogP contribution in [-0.2, 0) is 4.79 Å². The standard InChI is InChI=1S/C13H15FN2O2/c1-2-9-7-12(17)16(13(18)15-8-9)11-6-4-3-5-10(11)14/h3-6,9H,2,7-8H2,1H3,(H,15,18). The molecule has 0 spiro atoms. The minimum Gasteiger partial charge on any atom is -0.337 e. The van der Waals surface area contributed by atoms with E-state index < -0.39 is 11.8 Å². The van der Waals surface area contributed by atoms with Crippen molar-refractivity contribution < 1.29 is 14.0 Å². The molecule has 0 saturated carbocycles. The molecule has 1 aliphatic rings. The molecule has 1 N–H and O–H groups in total. The lowest BCUT2D eigenvalue weighted by Crippen LogP contribution is -2.41. The van der Waals surface area contributed by atoms with Crippen LogP contribution in [0.5, 0.6) is 0 Å². The average molecular weight is 250 g/mol. The van der Waals surface area contributed by atoms with Crippen LogP contribution in [0.3, 0.4) is 0 Å². The van der Waals surface area contributed by atoms with Crippen LogP contribution in [0.15, 0.2) is 24.3 Å². The van der Waals surface area contributed by atoms with Crippen molar-refractivity contribution in [1.29, 1.82) is 0 Å². The summed E-state index contributed by atoms with van der Waals surface area (Å²) >= 11 is 0. The predicted octanol–water partition coefficient (Wildman–Crippen LogP) is 2.30. The van der Waals surface area contributed by atoms with E-state index in [0.29, 0.717) is 6.54 Å². The summed E-state index contributed by atoms with van der Waals surface area (Å²) in [5.74, 6) is -0.823. The van der Waals surface area contributed by atoms with Crippen molar-refractivity contribution in [1.82, 2.24) is 5.32 Å². The van der Waals surface area contributed by atoms with Gasteiger partial charge in [-0.25, -0.2) is 14.1 Å². The molecule has 1 unspecified atom stereocenters. The topological polar surface area (TPSA) is 49.4 Å². The molecule has 4 nitrogen and oxygen atoms in total. The number of para-hydroxylation sites is 1. The molecule has 1 aliphatic heterocycles. The molecule has 1 aromatic carbocycles. The first-order chi connectivity index (χ1) is 8.63. The highest BCUT2D eigenvalue weighted by atomic mass is 19.1. The quantitative estimate of drug-likeness (QED) is 0.875. The SMILES string of the molecule is CCC1CNC(=O)N(c2ccccc2F)C(=O)C1. The Bertz CT molecular complexity index is 476. The molecule has 0 aliphatic carbocycles. The van der Waals surface area contributed by atoms with E-state index in [2.05, 4.69) is 5.32 Å². The van der Waals surface area contributed by atoms with E-state index in [-0.39, 0.29) is 23.9 Å². The van der Waals surface area contributed by atoms with E-state index in [1.807, 2.05) is 6.92 Å². The van der Waals surface area contributed by atoms with E-state index in [1.54, 1.807) is 6.07 Å². The van der Waals surface area contributed by atoms with Crippen molar-refractivity contribution in [2.45, 2.75) is 19.8 Å². The zero-order chi connectivity index (χ0) is 13.1. The highest BCUT2D eigenvalue weighted by molar-refractivity contribution is 6.14. The van der Waals surface area contributed by atoms with Crippen LogP contribution in [0, 0.1) is 11.7 Å². The van der Waals surface area contributed by atoms with Crippen LogP contribution in [0.1, 0.15) is 19.8 Å². The number of amides is 3. The Kier molecular flexibility index (Phi) is 3.60. The number of nitrogens with one attached hydrogen (secondary N) is 1. The molecule has 1 fully saturated rings. The van der Waals surface area contributed by atoms with Crippen LogP contribution >= 0.6 is 0 Å². The molecule has 0 radical (unpaired) electrons. The fourth-order valence-electron chi connectivity index (χ4n) is 2.00. The van der Waals surface area contributed by atoms with Gasteiger partial charge >= 0.3 is 6.03 Å². The molecule has 1 aromatic rings. The van der Waals surface area contributed by atoms with Gasteiger partial charge in [0.25, 0.3) is 0 Å². The molecular weight excluding hydrogens is 235 g/mol. The maximum atomic E-state index is 13.7. The normalized spacial score (nSPS) is 20.6. The van der Waals surface area contributed by atoms with Crippen molar-refractivity contribution in [3.05, 3.63) is 30.1 Å². The van der Waals surface area contributed by atoms with Crippen molar-refractivity contribution in [2.75, 3.05) is 11.4 Å². The Labute approximate surface area is 105 Å². The van der Waals surface area contributed by atoms with E-state index in [9.17, 15) is 14.0 Å². The summed E-state index contributed by atoms with van der Waals surface area (Å²) in [5.41, 5.74) is 0.0109. The number of carbonyl (C=O) groups is 2. The van der Waals surface area contributed by atoms with Gasteiger partial charge in [0.15, 0.2) is 0 Å². The number of halogens is 1. The monoisotopic (exact) mass is 250 g/mol. The largest absolute Gasteiger partial charge is 0.337 e. The van der Waals surface area contributed by atoms with Crippen LogP contribution in [0.25, 0.3) is 0 Å². The summed E-state index contributed by atoms with van der Waals surface area (Å²) < 4.78 is 13.7. The zero-order valence-electron chi connectivity index (χ0n) is 10.1. The van der Waals surface area contributed by atoms with E-state index in [0.717, 1.165) is 11.3 Å². The number of benzene rings is 1. The van der Waals surface area contributed by atoms with Gasteiger partial charge in [0.1, 0.15) is 5.82 Å². The van der Waals surface area contributed by atoms with Gasteiger partial charge in [0.05, 0.1) is 5.69 Å². The van der Waals surface area contributed by atoms with Crippen molar-refractivity contribution >= 4 is 17.6 Å². The molecular formula is C13H15FN2O2. The Morgan fingerprint density at radius 1 is 1.39 bits per heavy atom. The van der Waals surface area contributed by atoms with Gasteiger partial charge in [-0.15, -0.1) is 0 Å².